The van der Waals surface area contributed by atoms with Crippen molar-refractivity contribution in [3.8, 4) is 5.75 Å². The van der Waals surface area contributed by atoms with Crippen LogP contribution in [0.2, 0.25) is 0 Å². The Kier molecular flexibility index (Phi) is 5.80. The molecule has 1 aliphatic heterocycles. The van der Waals surface area contributed by atoms with E-state index in [0.717, 1.165) is 25.0 Å². The van der Waals surface area contributed by atoms with Gasteiger partial charge in [0.05, 0.1) is 6.61 Å². The molecule has 0 fully saturated rings. The van der Waals surface area contributed by atoms with Crippen molar-refractivity contribution in [1.82, 2.24) is 9.38 Å². The summed E-state index contributed by atoms with van der Waals surface area (Å²) in [5.74, 6) is 1.02. The van der Waals surface area contributed by atoms with Crippen LogP contribution in [0, 0.1) is 12.5 Å². The van der Waals surface area contributed by atoms with Gasteiger partial charge in [0, 0.05) is 17.6 Å². The number of nitrogens with zero attached hydrogens (tertiary/aromatic N) is 2. The molecule has 4 rings (SSSR count). The predicted molar refractivity (Wildman–Crippen MR) is 79.0 cm³/mol. The zero-order valence-corrected chi connectivity index (χ0v) is 13.6. The van der Waals surface area contributed by atoms with Crippen molar-refractivity contribution in [2.75, 3.05) is 6.61 Å². The van der Waals surface area contributed by atoms with Crippen molar-refractivity contribution in [3.05, 3.63) is 72.5 Å². The minimum atomic E-state index is -4.39. The predicted octanol–water partition coefficient (Wildman–Crippen LogP) is 4.17. The normalized spacial score (nSPS) is 12.8. The van der Waals surface area contributed by atoms with E-state index in [4.69, 9.17) is 4.74 Å². The molecule has 0 bridgehead atoms. The summed E-state index contributed by atoms with van der Waals surface area (Å²) in [6, 6.07) is 13.8. The maximum absolute atomic E-state index is 12.1. The zero-order valence-electron chi connectivity index (χ0n) is 12.4. The third-order valence-corrected chi connectivity index (χ3v) is 3.24. The second kappa shape index (κ2) is 7.64. The van der Waals surface area contributed by atoms with Gasteiger partial charge in [-0.3, -0.25) is 0 Å². The van der Waals surface area contributed by atoms with Crippen LogP contribution in [0.4, 0.5) is 13.2 Å². The first-order chi connectivity index (χ1) is 11.0. The van der Waals surface area contributed by atoms with Crippen molar-refractivity contribution >= 4 is 5.65 Å². The van der Waals surface area contributed by atoms with E-state index in [0.29, 0.717) is 0 Å². The average Bonchev–Trinajstić information content (AvgIpc) is 3.00. The molecule has 7 heteroatoms. The van der Waals surface area contributed by atoms with E-state index in [-0.39, 0.29) is 22.7 Å². The fourth-order valence-corrected chi connectivity index (χ4v) is 2.17. The maximum Gasteiger partial charge on any atom is 2.00 e. The molecule has 1 aromatic carbocycles. The van der Waals surface area contributed by atoms with E-state index in [1.54, 1.807) is 6.07 Å². The molecular formula is C17H13F3MnN2O. The number of benzene rings is 1. The fourth-order valence-electron chi connectivity index (χ4n) is 2.17. The van der Waals surface area contributed by atoms with Crippen LogP contribution in [0.5, 0.6) is 5.75 Å². The smallest absolute Gasteiger partial charge is 0.551 e. The van der Waals surface area contributed by atoms with Crippen molar-refractivity contribution in [1.29, 1.82) is 0 Å². The summed E-state index contributed by atoms with van der Waals surface area (Å²) in [5, 5.41) is 0. The molecule has 0 amide bonds. The Bertz CT molecular complexity index is 744. The summed E-state index contributed by atoms with van der Waals surface area (Å²) < 4.78 is 43.1. The summed E-state index contributed by atoms with van der Waals surface area (Å²) in [7, 11) is 0. The van der Waals surface area contributed by atoms with Crippen molar-refractivity contribution in [2.45, 2.75) is 12.6 Å². The van der Waals surface area contributed by atoms with Gasteiger partial charge in [-0.25, -0.2) is 17.1 Å². The van der Waals surface area contributed by atoms with E-state index in [1.165, 1.54) is 22.2 Å². The van der Waals surface area contributed by atoms with Crippen LogP contribution in [0.25, 0.3) is 5.65 Å². The Morgan fingerprint density at radius 2 is 2.00 bits per heavy atom. The Labute approximate surface area is 147 Å². The maximum atomic E-state index is 12.1. The van der Waals surface area contributed by atoms with Crippen LogP contribution in [-0.4, -0.2) is 16.0 Å². The van der Waals surface area contributed by atoms with E-state index in [1.807, 2.05) is 18.2 Å². The quantitative estimate of drug-likeness (QED) is 0.437. The fraction of sp³-hybridized carbons (Fsp3) is 0.176. The number of para-hydroxylation sites is 1. The number of alkyl halides is 3. The second-order valence-electron chi connectivity index (χ2n) is 4.89. The average molecular weight is 373 g/mol. The molecule has 24 heavy (non-hydrogen) atoms. The van der Waals surface area contributed by atoms with Crippen LogP contribution in [-0.2, 0) is 23.2 Å². The first kappa shape index (κ1) is 18.2. The molecule has 0 atom stereocenters. The number of rotatable bonds is 0. The molecule has 3 heterocycles. The molecule has 3 nitrogen and oxygen atoms in total. The van der Waals surface area contributed by atoms with Gasteiger partial charge in [0.15, 0.2) is 5.69 Å². The molecule has 1 radical (unpaired) electrons. The van der Waals surface area contributed by atoms with E-state index < -0.39 is 11.9 Å². The number of halogens is 3. The number of fused-ring (bicyclic) bond motifs is 2. The first-order valence-corrected chi connectivity index (χ1v) is 7.02. The molecule has 0 aliphatic carbocycles. The molecule has 0 saturated heterocycles. The molecule has 125 valence electrons. The molecule has 0 N–H and O–H groups in total. The molecule has 2 aromatic heterocycles. The summed E-state index contributed by atoms with van der Waals surface area (Å²) in [6.45, 7) is 0.830. The Balaban J connectivity index is 0.000000172. The first-order valence-electron chi connectivity index (χ1n) is 7.02. The number of hydrogen-bond donors (Lipinski definition) is 0. The molecule has 0 unspecified atom stereocenters. The third-order valence-electron chi connectivity index (χ3n) is 3.24. The number of imidazole rings is 1. The monoisotopic (exact) mass is 373 g/mol. The van der Waals surface area contributed by atoms with Crippen LogP contribution in [0.1, 0.15) is 17.7 Å². The SMILES string of the molecule is FC(F)(F)c1cn2ccc[c-]c2n1.[Mn+2].c1ccc2c(c1)[CH-]CCO2. The Hall–Kier alpha value is -2.11. The van der Waals surface area contributed by atoms with Crippen LogP contribution >= 0.6 is 0 Å². The second-order valence-corrected chi connectivity index (χ2v) is 4.89. The summed E-state index contributed by atoms with van der Waals surface area (Å²) in [6.07, 6.45) is 1.29. The van der Waals surface area contributed by atoms with Crippen molar-refractivity contribution in [2.24, 2.45) is 0 Å². The molecule has 0 spiro atoms. The standard InChI is InChI=1S/C9H9O.C8H4F3N2.Mn/c1-2-6-9-8(4-1)5-3-7-10-9;9-8(10,11)6-5-13-4-2-1-3-7(13)12-6;/h1-2,4-6H,3,7H2;1-2,4-5H;/q2*-1;+2. The number of hydrogen-bond acceptors (Lipinski definition) is 2. The Morgan fingerprint density at radius 3 is 2.71 bits per heavy atom. The van der Waals surface area contributed by atoms with Gasteiger partial charge in [0.25, 0.3) is 0 Å². The third kappa shape index (κ3) is 4.24. The van der Waals surface area contributed by atoms with Crippen LogP contribution in [0.15, 0.2) is 48.8 Å². The summed E-state index contributed by atoms with van der Waals surface area (Å²) in [4.78, 5) is 3.37. The largest absolute Gasteiger partial charge is 2.00 e. The number of aromatic nitrogens is 2. The van der Waals surface area contributed by atoms with Gasteiger partial charge >= 0.3 is 23.2 Å². The molecule has 0 saturated carbocycles. The zero-order chi connectivity index (χ0) is 16.3. The van der Waals surface area contributed by atoms with Gasteiger partial charge in [0.1, 0.15) is 0 Å². The van der Waals surface area contributed by atoms with E-state index in [9.17, 15) is 13.2 Å². The van der Waals surface area contributed by atoms with E-state index in [2.05, 4.69) is 23.5 Å². The molecule has 3 aromatic rings. The number of pyridine rings is 1. The number of ether oxygens (including phenoxy) is 1. The minimum absolute atomic E-state index is 0. The van der Waals surface area contributed by atoms with Crippen molar-refractivity contribution < 1.29 is 35.0 Å². The van der Waals surface area contributed by atoms with Gasteiger partial charge in [-0.1, -0.05) is 18.3 Å². The Morgan fingerprint density at radius 1 is 1.21 bits per heavy atom. The van der Waals surface area contributed by atoms with Gasteiger partial charge in [0.2, 0.25) is 0 Å². The van der Waals surface area contributed by atoms with Crippen LogP contribution < -0.4 is 4.74 Å². The van der Waals surface area contributed by atoms with Gasteiger partial charge in [-0.05, 0) is 6.42 Å². The minimum Gasteiger partial charge on any atom is -0.551 e. The van der Waals surface area contributed by atoms with Gasteiger partial charge in [-0.2, -0.15) is 37.3 Å². The molecular weight excluding hydrogens is 360 g/mol. The summed E-state index contributed by atoms with van der Waals surface area (Å²) >= 11 is 0. The molecule has 1 aliphatic rings. The van der Waals surface area contributed by atoms with Gasteiger partial charge in [-0.15, -0.1) is 6.07 Å². The van der Waals surface area contributed by atoms with Crippen LogP contribution in [0.3, 0.4) is 0 Å². The summed E-state index contributed by atoms with van der Waals surface area (Å²) in [5.41, 5.74) is 0.513. The van der Waals surface area contributed by atoms with Gasteiger partial charge < -0.3 is 9.14 Å². The van der Waals surface area contributed by atoms with E-state index >= 15 is 0 Å². The van der Waals surface area contributed by atoms with Crippen molar-refractivity contribution in [3.63, 3.8) is 0 Å². The topological polar surface area (TPSA) is 26.5 Å².